The Morgan fingerprint density at radius 2 is 1.15 bits per heavy atom. The Bertz CT molecular complexity index is 3080. The number of hydrogen-bond donors (Lipinski definition) is 1. The Balaban J connectivity index is 1.17. The van der Waals surface area contributed by atoms with Crippen LogP contribution in [0.5, 0.6) is 0 Å². The summed E-state index contributed by atoms with van der Waals surface area (Å²) < 4.78 is 5.17. The van der Waals surface area contributed by atoms with Crippen molar-refractivity contribution in [3.05, 3.63) is 193 Å². The highest BCUT2D eigenvalue weighted by molar-refractivity contribution is 7.27. The van der Waals surface area contributed by atoms with Gasteiger partial charge in [0.15, 0.2) is 0 Å². The van der Waals surface area contributed by atoms with E-state index in [-0.39, 0.29) is 6.17 Å². The van der Waals surface area contributed by atoms with E-state index in [9.17, 15) is 0 Å². The van der Waals surface area contributed by atoms with E-state index in [4.69, 9.17) is 4.99 Å². The van der Waals surface area contributed by atoms with Gasteiger partial charge in [-0.3, -0.25) is 4.99 Å². The molecular formula is C48H31N3S. The van der Waals surface area contributed by atoms with Crippen LogP contribution in [-0.4, -0.2) is 10.3 Å². The third kappa shape index (κ3) is 4.41. The topological polar surface area (TPSA) is 29.3 Å². The maximum absolute atomic E-state index is 5.15. The lowest BCUT2D eigenvalue weighted by atomic mass is 9.98. The van der Waals surface area contributed by atoms with E-state index in [1.807, 2.05) is 11.3 Å². The minimum atomic E-state index is -0.186. The number of rotatable bonds is 4. The molecule has 0 bridgehead atoms. The highest BCUT2D eigenvalue weighted by Gasteiger charge is 2.24. The molecule has 0 amide bonds. The van der Waals surface area contributed by atoms with Crippen molar-refractivity contribution in [1.82, 2.24) is 9.88 Å². The normalized spacial score (nSPS) is 14.7. The molecule has 0 saturated carbocycles. The molecule has 0 fully saturated rings. The first-order valence-electron chi connectivity index (χ1n) is 17.8. The first-order valence-corrected chi connectivity index (χ1v) is 18.6. The second-order valence-electron chi connectivity index (χ2n) is 13.5. The van der Waals surface area contributed by atoms with Crippen molar-refractivity contribution in [2.75, 3.05) is 0 Å². The number of hydrogen-bond acceptors (Lipinski definition) is 3. The zero-order valence-electron chi connectivity index (χ0n) is 28.1. The number of aliphatic imine (C=N–C) groups is 1. The van der Waals surface area contributed by atoms with Crippen LogP contribution in [0.25, 0.3) is 74.9 Å². The molecule has 0 spiro atoms. The number of benzene rings is 8. The van der Waals surface area contributed by atoms with Gasteiger partial charge in [-0.25, -0.2) is 0 Å². The fourth-order valence-electron chi connectivity index (χ4n) is 8.24. The molecule has 1 aliphatic rings. The summed E-state index contributed by atoms with van der Waals surface area (Å²) in [4.78, 5) is 5.15. The smallest absolute Gasteiger partial charge is 0.145 e. The molecule has 8 aromatic carbocycles. The largest absolute Gasteiger partial charge is 0.360 e. The van der Waals surface area contributed by atoms with Crippen LogP contribution >= 0.6 is 11.3 Å². The van der Waals surface area contributed by atoms with Crippen LogP contribution in [0, 0.1) is 0 Å². The van der Waals surface area contributed by atoms with Gasteiger partial charge in [0, 0.05) is 43.0 Å². The van der Waals surface area contributed by atoms with Crippen LogP contribution < -0.4 is 5.32 Å². The van der Waals surface area contributed by atoms with Crippen LogP contribution in [0.15, 0.2) is 181 Å². The van der Waals surface area contributed by atoms with E-state index in [0.717, 1.165) is 33.8 Å². The number of nitrogens with zero attached hydrogens (tertiary/aromatic N) is 2. The summed E-state index contributed by atoms with van der Waals surface area (Å²) in [5.74, 6) is 0. The SMILES string of the molecule is C1=C(c2ccc(-n3c4c5ccccc5ccc4c4c5ccccc5c5c6ccccc6sc5c43)cc2)NC(c2ccccc2)N=C1c1ccccc1. The van der Waals surface area contributed by atoms with Crippen LogP contribution in [0.3, 0.4) is 0 Å². The number of thiophene rings is 1. The molecule has 11 rings (SSSR count). The molecule has 1 unspecified atom stereocenters. The fourth-order valence-corrected chi connectivity index (χ4v) is 9.50. The Morgan fingerprint density at radius 1 is 0.500 bits per heavy atom. The molecule has 52 heavy (non-hydrogen) atoms. The lowest BCUT2D eigenvalue weighted by Gasteiger charge is -2.25. The van der Waals surface area contributed by atoms with Crippen LogP contribution in [0.1, 0.15) is 22.9 Å². The van der Waals surface area contributed by atoms with E-state index in [1.54, 1.807) is 0 Å². The standard InChI is InChI=1S/C48H31N3S/c1-3-14-31(15-4-1)40-29-41(50-48(49-40)33-16-5-2-6-17-33)32-23-26-34(27-24-32)51-45-35-18-8-7-13-30(35)25-28-39(45)43-36-19-9-10-20-37(36)44-38-21-11-12-22-42(38)52-47(44)46(43)51/h1-29,48,50H. The number of fused-ring (bicyclic) bond motifs is 12. The zero-order valence-corrected chi connectivity index (χ0v) is 28.9. The summed E-state index contributed by atoms with van der Waals surface area (Å²) in [6.07, 6.45) is 2.00. The lowest BCUT2D eigenvalue weighted by molar-refractivity contribution is 0.664. The zero-order chi connectivity index (χ0) is 34.2. The Labute approximate surface area is 304 Å². The van der Waals surface area contributed by atoms with Gasteiger partial charge in [0.1, 0.15) is 6.17 Å². The third-order valence-corrected chi connectivity index (χ3v) is 11.8. The van der Waals surface area contributed by atoms with Crippen molar-refractivity contribution in [3.63, 3.8) is 0 Å². The third-order valence-electron chi connectivity index (χ3n) is 10.6. The molecule has 1 N–H and O–H groups in total. The van der Waals surface area contributed by atoms with Gasteiger partial charge in [-0.05, 0) is 57.1 Å². The van der Waals surface area contributed by atoms with Crippen molar-refractivity contribution >= 4 is 86.3 Å². The molecule has 244 valence electrons. The first-order chi connectivity index (χ1) is 25.8. The fraction of sp³-hybridized carbons (Fsp3) is 0.0208. The van der Waals surface area contributed by atoms with Crippen molar-refractivity contribution in [2.24, 2.45) is 4.99 Å². The molecule has 1 atom stereocenters. The summed E-state index contributed by atoms with van der Waals surface area (Å²) in [5, 5.41) is 14.1. The number of nitrogens with one attached hydrogen (secondary N) is 1. The van der Waals surface area contributed by atoms with E-state index in [0.29, 0.717) is 0 Å². The van der Waals surface area contributed by atoms with Gasteiger partial charge in [-0.15, -0.1) is 11.3 Å². The predicted molar refractivity (Wildman–Crippen MR) is 222 cm³/mol. The van der Waals surface area contributed by atoms with Crippen molar-refractivity contribution in [2.45, 2.75) is 6.17 Å². The van der Waals surface area contributed by atoms with Gasteiger partial charge < -0.3 is 9.88 Å². The molecule has 4 heteroatoms. The minimum absolute atomic E-state index is 0.186. The Kier molecular flexibility index (Phi) is 6.48. The average molecular weight is 682 g/mol. The second-order valence-corrected chi connectivity index (χ2v) is 14.6. The molecule has 10 aromatic rings. The molecule has 0 radical (unpaired) electrons. The van der Waals surface area contributed by atoms with Gasteiger partial charge in [0.05, 0.1) is 21.4 Å². The van der Waals surface area contributed by atoms with Gasteiger partial charge in [0.2, 0.25) is 0 Å². The monoisotopic (exact) mass is 681 g/mol. The summed E-state index contributed by atoms with van der Waals surface area (Å²) >= 11 is 1.90. The summed E-state index contributed by atoms with van der Waals surface area (Å²) in [5.41, 5.74) is 9.05. The maximum Gasteiger partial charge on any atom is 0.145 e. The second kappa shape index (κ2) is 11.5. The Hall–Kier alpha value is -6.49. The molecule has 0 aliphatic carbocycles. The maximum atomic E-state index is 5.15. The Morgan fingerprint density at radius 3 is 1.94 bits per heavy atom. The number of aromatic nitrogens is 1. The van der Waals surface area contributed by atoms with Crippen molar-refractivity contribution < 1.29 is 0 Å². The molecule has 2 aromatic heterocycles. The average Bonchev–Trinajstić information content (AvgIpc) is 3.79. The first kappa shape index (κ1) is 29.3. The molecule has 1 aliphatic heterocycles. The quantitative estimate of drug-likeness (QED) is 0.197. The van der Waals surface area contributed by atoms with Gasteiger partial charge in [0.25, 0.3) is 0 Å². The lowest BCUT2D eigenvalue weighted by Crippen LogP contribution is -2.24. The van der Waals surface area contributed by atoms with Gasteiger partial charge in [-0.2, -0.15) is 0 Å². The van der Waals surface area contributed by atoms with Crippen molar-refractivity contribution in [1.29, 1.82) is 0 Å². The number of allylic oxidation sites excluding steroid dienone is 1. The van der Waals surface area contributed by atoms with Crippen LogP contribution in [0.4, 0.5) is 0 Å². The molecule has 3 heterocycles. The molecular weight excluding hydrogens is 651 g/mol. The van der Waals surface area contributed by atoms with Crippen LogP contribution in [0.2, 0.25) is 0 Å². The molecule has 0 saturated heterocycles. The minimum Gasteiger partial charge on any atom is -0.360 e. The summed E-state index contributed by atoms with van der Waals surface area (Å²) in [7, 11) is 0. The summed E-state index contributed by atoms with van der Waals surface area (Å²) in [6, 6.07) is 61.3. The highest BCUT2D eigenvalue weighted by Crippen LogP contribution is 2.48. The van der Waals surface area contributed by atoms with Crippen molar-refractivity contribution in [3.8, 4) is 5.69 Å². The molecule has 3 nitrogen and oxygen atoms in total. The van der Waals surface area contributed by atoms with Gasteiger partial charge >= 0.3 is 0 Å². The van der Waals surface area contributed by atoms with E-state index >= 15 is 0 Å². The van der Waals surface area contributed by atoms with Crippen LogP contribution in [-0.2, 0) is 0 Å². The highest BCUT2D eigenvalue weighted by atomic mass is 32.1. The summed E-state index contributed by atoms with van der Waals surface area (Å²) in [6.45, 7) is 0. The predicted octanol–water partition coefficient (Wildman–Crippen LogP) is 12.6. The van der Waals surface area contributed by atoms with E-state index in [2.05, 4.69) is 186 Å². The van der Waals surface area contributed by atoms with E-state index < -0.39 is 0 Å². The van der Waals surface area contributed by atoms with E-state index in [1.165, 1.54) is 63.5 Å². The van der Waals surface area contributed by atoms with Gasteiger partial charge in [-0.1, -0.05) is 152 Å².